The van der Waals surface area contributed by atoms with Crippen LogP contribution in [0.15, 0.2) is 28.7 Å². The van der Waals surface area contributed by atoms with Crippen molar-refractivity contribution >= 4 is 37.9 Å². The van der Waals surface area contributed by atoms with Crippen LogP contribution < -0.4 is 0 Å². The third-order valence-corrected chi connectivity index (χ3v) is 2.21. The maximum Gasteiger partial charge on any atom is 0.130 e. The van der Waals surface area contributed by atoms with Crippen molar-refractivity contribution in [3.8, 4) is 0 Å². The molecule has 64 valence electrons. The Morgan fingerprint density at radius 2 is 2.17 bits per heavy atom. The van der Waals surface area contributed by atoms with E-state index in [0.29, 0.717) is 5.56 Å². The molecule has 0 spiro atoms. The molecular weight excluding hydrogens is 287 g/mol. The SMILES string of the molecule is Fc1ccc(Br)cc1/C=C/CBr. The van der Waals surface area contributed by atoms with Gasteiger partial charge in [0.15, 0.2) is 0 Å². The molecule has 0 atom stereocenters. The van der Waals surface area contributed by atoms with Gasteiger partial charge in [-0.2, -0.15) is 0 Å². The van der Waals surface area contributed by atoms with Crippen molar-refractivity contribution in [3.63, 3.8) is 0 Å². The monoisotopic (exact) mass is 292 g/mol. The highest BCUT2D eigenvalue weighted by Crippen LogP contribution is 2.16. The van der Waals surface area contributed by atoms with Crippen LogP contribution in [0.3, 0.4) is 0 Å². The molecule has 0 saturated heterocycles. The highest BCUT2D eigenvalue weighted by molar-refractivity contribution is 9.10. The molecule has 0 aliphatic heterocycles. The van der Waals surface area contributed by atoms with E-state index in [9.17, 15) is 4.39 Å². The van der Waals surface area contributed by atoms with Crippen molar-refractivity contribution in [1.82, 2.24) is 0 Å². The van der Waals surface area contributed by atoms with Crippen LogP contribution in [0.2, 0.25) is 0 Å². The third-order valence-electron chi connectivity index (χ3n) is 1.34. The Bertz CT molecular complexity index is 295. The summed E-state index contributed by atoms with van der Waals surface area (Å²) in [5.74, 6) is -0.199. The van der Waals surface area contributed by atoms with Crippen LogP contribution >= 0.6 is 31.9 Å². The van der Waals surface area contributed by atoms with Gasteiger partial charge in [-0.1, -0.05) is 44.0 Å². The number of alkyl halides is 1. The molecule has 1 rings (SSSR count). The quantitative estimate of drug-likeness (QED) is 0.723. The first-order chi connectivity index (χ1) is 5.74. The Morgan fingerprint density at radius 1 is 1.42 bits per heavy atom. The van der Waals surface area contributed by atoms with Gasteiger partial charge in [-0.15, -0.1) is 0 Å². The minimum Gasteiger partial charge on any atom is -0.206 e. The van der Waals surface area contributed by atoms with Gasteiger partial charge in [0.05, 0.1) is 0 Å². The van der Waals surface area contributed by atoms with Crippen molar-refractivity contribution < 1.29 is 4.39 Å². The predicted molar refractivity (Wildman–Crippen MR) is 56.9 cm³/mol. The molecular formula is C9H7Br2F. The zero-order valence-electron chi connectivity index (χ0n) is 6.23. The largest absolute Gasteiger partial charge is 0.206 e. The Hall–Kier alpha value is -0.150. The average molecular weight is 294 g/mol. The summed E-state index contributed by atoms with van der Waals surface area (Å²) in [7, 11) is 0. The van der Waals surface area contributed by atoms with Gasteiger partial charge in [0.2, 0.25) is 0 Å². The summed E-state index contributed by atoms with van der Waals surface area (Å²) < 4.78 is 13.9. The van der Waals surface area contributed by atoms with Gasteiger partial charge in [0, 0.05) is 15.4 Å². The maximum atomic E-state index is 13.0. The van der Waals surface area contributed by atoms with Crippen LogP contribution in [-0.2, 0) is 0 Å². The molecule has 0 radical (unpaired) electrons. The molecule has 1 aromatic rings. The highest BCUT2D eigenvalue weighted by atomic mass is 79.9. The Balaban J connectivity index is 2.97. The van der Waals surface area contributed by atoms with E-state index in [1.807, 2.05) is 6.08 Å². The number of allylic oxidation sites excluding steroid dienone is 1. The van der Waals surface area contributed by atoms with Crippen molar-refractivity contribution in [2.45, 2.75) is 0 Å². The summed E-state index contributed by atoms with van der Waals surface area (Å²) in [6.45, 7) is 0. The summed E-state index contributed by atoms with van der Waals surface area (Å²) in [5, 5.41) is 0.735. The van der Waals surface area contributed by atoms with Gasteiger partial charge in [-0.25, -0.2) is 4.39 Å². The van der Waals surface area contributed by atoms with E-state index in [0.717, 1.165) is 9.80 Å². The van der Waals surface area contributed by atoms with E-state index in [-0.39, 0.29) is 5.82 Å². The van der Waals surface area contributed by atoms with Gasteiger partial charge in [0.25, 0.3) is 0 Å². The highest BCUT2D eigenvalue weighted by Gasteiger charge is 1.97. The van der Waals surface area contributed by atoms with E-state index >= 15 is 0 Å². The zero-order chi connectivity index (χ0) is 8.97. The second kappa shape index (κ2) is 4.77. The molecule has 0 amide bonds. The van der Waals surface area contributed by atoms with Crippen LogP contribution in [0.4, 0.5) is 4.39 Å². The van der Waals surface area contributed by atoms with Gasteiger partial charge in [-0.3, -0.25) is 0 Å². The molecule has 3 heteroatoms. The van der Waals surface area contributed by atoms with Crippen LogP contribution in [0, 0.1) is 5.82 Å². The number of halogens is 3. The molecule has 0 nitrogen and oxygen atoms in total. The first-order valence-electron chi connectivity index (χ1n) is 3.41. The molecule has 0 aromatic heterocycles. The van der Waals surface area contributed by atoms with Gasteiger partial charge in [0.1, 0.15) is 5.82 Å². The maximum absolute atomic E-state index is 13.0. The van der Waals surface area contributed by atoms with Gasteiger partial charge < -0.3 is 0 Å². The second-order valence-electron chi connectivity index (χ2n) is 2.22. The molecule has 1 aromatic carbocycles. The molecule has 0 bridgehead atoms. The Morgan fingerprint density at radius 3 is 2.83 bits per heavy atom. The van der Waals surface area contributed by atoms with E-state index in [1.54, 1.807) is 18.2 Å². The molecule has 0 aliphatic rings. The van der Waals surface area contributed by atoms with Crippen LogP contribution in [0.5, 0.6) is 0 Å². The predicted octanol–water partition coefficient (Wildman–Crippen LogP) is 4.00. The summed E-state index contributed by atoms with van der Waals surface area (Å²) in [4.78, 5) is 0. The second-order valence-corrected chi connectivity index (χ2v) is 3.79. The fourth-order valence-corrected chi connectivity index (χ4v) is 1.38. The summed E-state index contributed by atoms with van der Waals surface area (Å²) in [6, 6.07) is 4.87. The smallest absolute Gasteiger partial charge is 0.130 e. The number of benzene rings is 1. The van der Waals surface area contributed by atoms with Crippen LogP contribution in [0.1, 0.15) is 5.56 Å². The lowest BCUT2D eigenvalue weighted by molar-refractivity contribution is 0.625. The number of hydrogen-bond acceptors (Lipinski definition) is 0. The topological polar surface area (TPSA) is 0 Å². The van der Waals surface area contributed by atoms with Crippen LogP contribution in [-0.4, -0.2) is 5.33 Å². The lowest BCUT2D eigenvalue weighted by atomic mass is 10.2. The lowest BCUT2D eigenvalue weighted by Gasteiger charge is -1.96. The molecule has 0 fully saturated rings. The van der Waals surface area contributed by atoms with Crippen molar-refractivity contribution in [2.75, 3.05) is 5.33 Å². The molecule has 0 heterocycles. The van der Waals surface area contributed by atoms with Crippen molar-refractivity contribution in [2.24, 2.45) is 0 Å². The Kier molecular flexibility index (Phi) is 3.95. The average Bonchev–Trinajstić information content (AvgIpc) is 2.07. The standard InChI is InChI=1S/C9H7Br2F/c10-5-1-2-7-6-8(11)3-4-9(7)12/h1-4,6H,5H2/b2-1+. The van der Waals surface area contributed by atoms with Gasteiger partial charge in [-0.05, 0) is 18.2 Å². The minimum atomic E-state index is -0.199. The third kappa shape index (κ3) is 2.72. The zero-order valence-corrected chi connectivity index (χ0v) is 9.40. The first-order valence-corrected chi connectivity index (χ1v) is 5.33. The summed E-state index contributed by atoms with van der Waals surface area (Å²) in [6.07, 6.45) is 3.60. The Labute approximate surface area is 87.7 Å². The summed E-state index contributed by atoms with van der Waals surface area (Å²) >= 11 is 6.50. The molecule has 0 unspecified atom stereocenters. The van der Waals surface area contributed by atoms with E-state index in [1.165, 1.54) is 6.07 Å². The number of hydrogen-bond donors (Lipinski definition) is 0. The molecule has 0 saturated carbocycles. The van der Waals surface area contributed by atoms with E-state index in [4.69, 9.17) is 0 Å². The lowest BCUT2D eigenvalue weighted by Crippen LogP contribution is -1.80. The van der Waals surface area contributed by atoms with Crippen LogP contribution in [0.25, 0.3) is 6.08 Å². The molecule has 0 N–H and O–H groups in total. The van der Waals surface area contributed by atoms with E-state index in [2.05, 4.69) is 31.9 Å². The molecule has 12 heavy (non-hydrogen) atoms. The van der Waals surface area contributed by atoms with E-state index < -0.39 is 0 Å². The molecule has 0 aliphatic carbocycles. The van der Waals surface area contributed by atoms with Crippen molar-refractivity contribution in [1.29, 1.82) is 0 Å². The first kappa shape index (κ1) is 9.93. The number of rotatable bonds is 2. The minimum absolute atomic E-state index is 0.199. The van der Waals surface area contributed by atoms with Gasteiger partial charge >= 0.3 is 0 Å². The fourth-order valence-electron chi connectivity index (χ4n) is 0.814. The summed E-state index contributed by atoms with van der Waals surface area (Å²) in [5.41, 5.74) is 0.601. The normalized spacial score (nSPS) is 10.9. The van der Waals surface area contributed by atoms with Crippen molar-refractivity contribution in [3.05, 3.63) is 40.1 Å². The fraction of sp³-hybridized carbons (Fsp3) is 0.111.